The molecule has 1 aromatic rings. The Labute approximate surface area is 128 Å². The van der Waals surface area contributed by atoms with Gasteiger partial charge in [0.05, 0.1) is 0 Å². The summed E-state index contributed by atoms with van der Waals surface area (Å²) in [6.45, 7) is 8.45. The lowest BCUT2D eigenvalue weighted by atomic mass is 9.97. The van der Waals surface area contributed by atoms with Crippen molar-refractivity contribution in [2.24, 2.45) is 0 Å². The molecule has 1 N–H and O–H groups in total. The molecule has 1 aromatic carbocycles. The maximum Gasteiger partial charge on any atom is 0.0235 e. The molecule has 1 atom stereocenters. The molecule has 0 radical (unpaired) electrons. The van der Waals surface area contributed by atoms with E-state index in [4.69, 9.17) is 0 Å². The van der Waals surface area contributed by atoms with Gasteiger partial charge in [-0.1, -0.05) is 24.6 Å². The van der Waals surface area contributed by atoms with E-state index in [0.717, 1.165) is 25.7 Å². The topological polar surface area (TPSA) is 18.5 Å². The fourth-order valence-corrected chi connectivity index (χ4v) is 4.25. The van der Waals surface area contributed by atoms with Gasteiger partial charge in [0.15, 0.2) is 0 Å². The number of hydrogen-bond acceptors (Lipinski definition) is 3. The number of benzene rings is 1. The molecule has 2 fully saturated rings. The van der Waals surface area contributed by atoms with Crippen LogP contribution >= 0.6 is 0 Å². The molecule has 0 aliphatic carbocycles. The van der Waals surface area contributed by atoms with Crippen molar-refractivity contribution in [1.29, 1.82) is 0 Å². The van der Waals surface area contributed by atoms with Crippen LogP contribution in [0.4, 0.5) is 0 Å². The molecule has 3 nitrogen and oxygen atoms in total. The summed E-state index contributed by atoms with van der Waals surface area (Å²) in [5, 5.41) is 3.49. The monoisotopic (exact) mass is 285 g/mol. The highest BCUT2D eigenvalue weighted by molar-refractivity contribution is 5.33. The number of hydrogen-bond donors (Lipinski definition) is 1. The minimum absolute atomic E-state index is 0.826. The number of rotatable bonds is 2. The molecule has 3 heteroatoms. The van der Waals surface area contributed by atoms with Crippen LogP contribution in [0.1, 0.15) is 36.0 Å². The molecule has 4 rings (SSSR count). The molecule has 21 heavy (non-hydrogen) atoms. The highest BCUT2D eigenvalue weighted by atomic mass is 15.3. The van der Waals surface area contributed by atoms with Crippen molar-refractivity contribution in [3.63, 3.8) is 0 Å². The molecular weight excluding hydrogens is 258 g/mol. The van der Waals surface area contributed by atoms with Crippen LogP contribution in [-0.2, 0) is 19.5 Å². The zero-order valence-electron chi connectivity index (χ0n) is 13.0. The van der Waals surface area contributed by atoms with E-state index < -0.39 is 0 Å². The minimum Gasteiger partial charge on any atom is -0.312 e. The Morgan fingerprint density at radius 2 is 2.10 bits per heavy atom. The molecule has 3 aliphatic rings. The van der Waals surface area contributed by atoms with Crippen molar-refractivity contribution in [1.82, 2.24) is 15.1 Å². The molecule has 2 saturated heterocycles. The maximum absolute atomic E-state index is 3.49. The van der Waals surface area contributed by atoms with Crippen LogP contribution in [0.2, 0.25) is 0 Å². The van der Waals surface area contributed by atoms with Crippen molar-refractivity contribution in [3.8, 4) is 0 Å². The highest BCUT2D eigenvalue weighted by Gasteiger charge is 2.28. The van der Waals surface area contributed by atoms with Crippen LogP contribution in [0.3, 0.4) is 0 Å². The average Bonchev–Trinajstić information content (AvgIpc) is 2.55. The number of fused-ring (bicyclic) bond motifs is 2. The fourth-order valence-electron chi connectivity index (χ4n) is 4.25. The summed E-state index contributed by atoms with van der Waals surface area (Å²) in [6.07, 6.45) is 5.44. The lowest BCUT2D eigenvalue weighted by molar-refractivity contribution is 0.0457. The third kappa shape index (κ3) is 3.01. The Morgan fingerprint density at radius 3 is 3.10 bits per heavy atom. The molecule has 3 aliphatic heterocycles. The van der Waals surface area contributed by atoms with Crippen LogP contribution in [0.15, 0.2) is 18.2 Å². The van der Waals surface area contributed by atoms with Gasteiger partial charge in [0.2, 0.25) is 0 Å². The fraction of sp³-hybridized carbons (Fsp3) is 0.667. The maximum atomic E-state index is 3.49. The van der Waals surface area contributed by atoms with E-state index in [1.165, 1.54) is 63.0 Å². The number of nitrogens with one attached hydrogen (secondary N) is 1. The predicted octanol–water partition coefficient (Wildman–Crippen LogP) is 2.00. The van der Waals surface area contributed by atoms with E-state index in [1.807, 2.05) is 0 Å². The predicted molar refractivity (Wildman–Crippen MR) is 86.3 cm³/mol. The summed E-state index contributed by atoms with van der Waals surface area (Å²) in [7, 11) is 0. The van der Waals surface area contributed by atoms with Crippen molar-refractivity contribution in [2.75, 3.05) is 32.7 Å². The van der Waals surface area contributed by atoms with E-state index in [0.29, 0.717) is 0 Å². The molecule has 0 spiro atoms. The first kappa shape index (κ1) is 13.7. The van der Waals surface area contributed by atoms with E-state index >= 15 is 0 Å². The van der Waals surface area contributed by atoms with Crippen LogP contribution < -0.4 is 5.32 Å². The highest BCUT2D eigenvalue weighted by Crippen LogP contribution is 2.23. The summed E-state index contributed by atoms with van der Waals surface area (Å²) < 4.78 is 0. The molecule has 3 heterocycles. The van der Waals surface area contributed by atoms with Gasteiger partial charge < -0.3 is 5.32 Å². The Kier molecular flexibility index (Phi) is 3.97. The van der Waals surface area contributed by atoms with E-state index in [1.54, 1.807) is 5.56 Å². The molecule has 0 saturated carbocycles. The summed E-state index contributed by atoms with van der Waals surface area (Å²) in [6, 6.07) is 7.99. The van der Waals surface area contributed by atoms with E-state index in [-0.39, 0.29) is 0 Å². The molecular formula is C18H27N3. The van der Waals surface area contributed by atoms with E-state index in [2.05, 4.69) is 33.3 Å². The molecule has 0 amide bonds. The Bertz CT molecular complexity index is 499. The first-order valence-corrected chi connectivity index (χ1v) is 8.66. The van der Waals surface area contributed by atoms with Gasteiger partial charge in [-0.15, -0.1) is 0 Å². The van der Waals surface area contributed by atoms with Gasteiger partial charge in [-0.25, -0.2) is 0 Å². The van der Waals surface area contributed by atoms with Crippen LogP contribution in [0.5, 0.6) is 0 Å². The quantitative estimate of drug-likeness (QED) is 0.897. The third-order valence-corrected chi connectivity index (χ3v) is 5.48. The van der Waals surface area contributed by atoms with Gasteiger partial charge in [0.1, 0.15) is 0 Å². The normalized spacial score (nSPS) is 27.1. The van der Waals surface area contributed by atoms with Crippen LogP contribution in [-0.4, -0.2) is 48.6 Å². The summed E-state index contributed by atoms with van der Waals surface area (Å²) in [5.41, 5.74) is 4.58. The van der Waals surface area contributed by atoms with E-state index in [9.17, 15) is 0 Å². The van der Waals surface area contributed by atoms with Crippen molar-refractivity contribution in [2.45, 2.75) is 44.8 Å². The SMILES string of the molecule is c1cc2c(cc1CN1CCN3CCCCC3C1)CNCC2. The Morgan fingerprint density at radius 1 is 1.10 bits per heavy atom. The van der Waals surface area contributed by atoms with Gasteiger partial charge in [-0.2, -0.15) is 0 Å². The van der Waals surface area contributed by atoms with Gasteiger partial charge in [0.25, 0.3) is 0 Å². The molecule has 0 aromatic heterocycles. The van der Waals surface area contributed by atoms with Gasteiger partial charge >= 0.3 is 0 Å². The average molecular weight is 285 g/mol. The van der Waals surface area contributed by atoms with Crippen LogP contribution in [0, 0.1) is 0 Å². The van der Waals surface area contributed by atoms with Crippen LogP contribution in [0.25, 0.3) is 0 Å². The lowest BCUT2D eigenvalue weighted by Gasteiger charge is -2.44. The molecule has 0 bridgehead atoms. The number of piperazine rings is 1. The largest absolute Gasteiger partial charge is 0.312 e. The second-order valence-corrected chi connectivity index (χ2v) is 6.95. The van der Waals surface area contributed by atoms with Crippen molar-refractivity contribution >= 4 is 0 Å². The van der Waals surface area contributed by atoms with Gasteiger partial charge in [0, 0.05) is 38.8 Å². The smallest absolute Gasteiger partial charge is 0.0235 e. The lowest BCUT2D eigenvalue weighted by Crippen LogP contribution is -2.54. The first-order chi connectivity index (χ1) is 10.4. The second kappa shape index (κ2) is 6.07. The molecule has 114 valence electrons. The third-order valence-electron chi connectivity index (χ3n) is 5.48. The summed E-state index contributed by atoms with van der Waals surface area (Å²) >= 11 is 0. The molecule has 1 unspecified atom stereocenters. The number of nitrogens with zero attached hydrogens (tertiary/aromatic N) is 2. The zero-order valence-corrected chi connectivity index (χ0v) is 13.0. The summed E-state index contributed by atoms with van der Waals surface area (Å²) in [5.74, 6) is 0. The van der Waals surface area contributed by atoms with Crippen molar-refractivity contribution in [3.05, 3.63) is 34.9 Å². The Hall–Kier alpha value is -0.900. The zero-order chi connectivity index (χ0) is 14.1. The first-order valence-electron chi connectivity index (χ1n) is 8.66. The second-order valence-electron chi connectivity index (χ2n) is 6.95. The summed E-state index contributed by atoms with van der Waals surface area (Å²) in [4.78, 5) is 5.39. The van der Waals surface area contributed by atoms with Gasteiger partial charge in [-0.05, 0) is 49.0 Å². The Balaban J connectivity index is 1.41. The number of piperidine rings is 1. The van der Waals surface area contributed by atoms with Gasteiger partial charge in [-0.3, -0.25) is 9.80 Å². The standard InChI is InChI=1S/C18H27N3/c1-2-8-21-10-9-20(14-18(21)3-1)13-15-4-5-16-6-7-19-12-17(16)11-15/h4-5,11,18-19H,1-3,6-10,12-14H2. The minimum atomic E-state index is 0.826. The van der Waals surface area contributed by atoms with Crippen molar-refractivity contribution < 1.29 is 0 Å².